The molecule has 0 radical (unpaired) electrons. The Hall–Kier alpha value is -1.35. The molecule has 0 heterocycles. The van der Waals surface area contributed by atoms with E-state index >= 15 is 0 Å². The summed E-state index contributed by atoms with van der Waals surface area (Å²) < 4.78 is 5.61. The first-order valence-corrected chi connectivity index (χ1v) is 6.26. The fraction of sp³-hybridized carbons (Fsp3) is 0.200. The predicted molar refractivity (Wildman–Crippen MR) is 74.5 cm³/mol. The van der Waals surface area contributed by atoms with Gasteiger partial charge < -0.3 is 10.5 Å². The molecule has 0 aromatic heterocycles. The van der Waals surface area contributed by atoms with Crippen molar-refractivity contribution in [2.24, 2.45) is 5.73 Å². The van der Waals surface area contributed by atoms with Crippen molar-refractivity contribution in [2.45, 2.75) is 12.6 Å². The van der Waals surface area contributed by atoms with Crippen LogP contribution >= 0.6 is 11.6 Å². The average Bonchev–Trinajstić information content (AvgIpc) is 2.42. The fourth-order valence-electron chi connectivity index (χ4n) is 1.68. The second-order valence-electron chi connectivity index (χ2n) is 4.16. The number of ether oxygens (including phenoxy) is 1. The molecule has 3 heteroatoms. The van der Waals surface area contributed by atoms with Crippen molar-refractivity contribution < 1.29 is 4.74 Å². The highest BCUT2D eigenvalue weighted by atomic mass is 35.5. The number of hydrogen-bond donors (Lipinski definition) is 1. The van der Waals surface area contributed by atoms with E-state index in [1.54, 1.807) is 0 Å². The maximum Gasteiger partial charge on any atom is 0.0717 e. The van der Waals surface area contributed by atoms with E-state index in [1.807, 2.05) is 54.6 Å². The standard InChI is InChI=1S/C15H16ClNO/c16-14-8-6-12(7-9-14)10-18-11-15(17)13-4-2-1-3-5-13/h1-9,15H,10-11,17H2/t15-/m1/s1. The summed E-state index contributed by atoms with van der Waals surface area (Å²) in [4.78, 5) is 0. The number of hydrogen-bond acceptors (Lipinski definition) is 2. The lowest BCUT2D eigenvalue weighted by Gasteiger charge is -2.12. The number of nitrogens with two attached hydrogens (primary N) is 1. The predicted octanol–water partition coefficient (Wildman–Crippen LogP) is 3.56. The fourth-order valence-corrected chi connectivity index (χ4v) is 1.81. The van der Waals surface area contributed by atoms with Crippen LogP contribution in [0.2, 0.25) is 5.02 Å². The van der Waals surface area contributed by atoms with Gasteiger partial charge >= 0.3 is 0 Å². The van der Waals surface area contributed by atoms with Crippen LogP contribution in [-0.2, 0) is 11.3 Å². The van der Waals surface area contributed by atoms with Crippen molar-refractivity contribution in [1.29, 1.82) is 0 Å². The molecule has 0 unspecified atom stereocenters. The molecule has 18 heavy (non-hydrogen) atoms. The Bertz CT molecular complexity index is 470. The first-order valence-electron chi connectivity index (χ1n) is 5.88. The van der Waals surface area contributed by atoms with E-state index in [1.165, 1.54) is 0 Å². The van der Waals surface area contributed by atoms with Crippen LogP contribution in [0.1, 0.15) is 17.2 Å². The van der Waals surface area contributed by atoms with Crippen LogP contribution in [0, 0.1) is 0 Å². The number of benzene rings is 2. The summed E-state index contributed by atoms with van der Waals surface area (Å²) in [6.07, 6.45) is 0. The van der Waals surface area contributed by atoms with Gasteiger partial charge in [0.25, 0.3) is 0 Å². The van der Waals surface area contributed by atoms with Crippen molar-refractivity contribution in [2.75, 3.05) is 6.61 Å². The minimum absolute atomic E-state index is 0.0847. The molecule has 2 aromatic rings. The van der Waals surface area contributed by atoms with Crippen LogP contribution in [0.5, 0.6) is 0 Å². The first kappa shape index (κ1) is 13.1. The second-order valence-corrected chi connectivity index (χ2v) is 4.60. The Labute approximate surface area is 112 Å². The highest BCUT2D eigenvalue weighted by molar-refractivity contribution is 6.30. The minimum Gasteiger partial charge on any atom is -0.375 e. The van der Waals surface area contributed by atoms with E-state index in [-0.39, 0.29) is 6.04 Å². The monoisotopic (exact) mass is 261 g/mol. The minimum atomic E-state index is -0.0847. The lowest BCUT2D eigenvalue weighted by molar-refractivity contribution is 0.108. The summed E-state index contributed by atoms with van der Waals surface area (Å²) in [5.74, 6) is 0. The topological polar surface area (TPSA) is 35.2 Å². The summed E-state index contributed by atoms with van der Waals surface area (Å²) in [5, 5.41) is 0.736. The maximum absolute atomic E-state index is 6.04. The highest BCUT2D eigenvalue weighted by Gasteiger charge is 2.05. The van der Waals surface area contributed by atoms with Crippen LogP contribution in [0.15, 0.2) is 54.6 Å². The van der Waals surface area contributed by atoms with Gasteiger partial charge in [0.05, 0.1) is 19.3 Å². The van der Waals surface area contributed by atoms with Crippen molar-refractivity contribution in [3.8, 4) is 0 Å². The van der Waals surface area contributed by atoms with Gasteiger partial charge in [-0.1, -0.05) is 54.1 Å². The van der Waals surface area contributed by atoms with Gasteiger partial charge in [0.1, 0.15) is 0 Å². The second kappa shape index (κ2) is 6.55. The van der Waals surface area contributed by atoms with E-state index < -0.39 is 0 Å². The SMILES string of the molecule is N[C@H](COCc1ccc(Cl)cc1)c1ccccc1. The van der Waals surface area contributed by atoms with Crippen LogP contribution in [0.4, 0.5) is 0 Å². The molecule has 1 atom stereocenters. The van der Waals surface area contributed by atoms with E-state index in [9.17, 15) is 0 Å². The van der Waals surface area contributed by atoms with E-state index in [0.29, 0.717) is 13.2 Å². The van der Waals surface area contributed by atoms with Gasteiger partial charge in [-0.25, -0.2) is 0 Å². The summed E-state index contributed by atoms with van der Waals surface area (Å²) >= 11 is 5.82. The Balaban J connectivity index is 1.80. The molecular weight excluding hydrogens is 246 g/mol. The number of rotatable bonds is 5. The lowest BCUT2D eigenvalue weighted by Crippen LogP contribution is -2.16. The molecule has 0 aliphatic carbocycles. The van der Waals surface area contributed by atoms with Crippen LogP contribution < -0.4 is 5.73 Å². The van der Waals surface area contributed by atoms with E-state index in [2.05, 4.69) is 0 Å². The van der Waals surface area contributed by atoms with E-state index in [4.69, 9.17) is 22.1 Å². The molecule has 2 nitrogen and oxygen atoms in total. The van der Waals surface area contributed by atoms with Crippen molar-refractivity contribution in [1.82, 2.24) is 0 Å². The molecule has 0 spiro atoms. The molecule has 0 aliphatic rings. The molecule has 0 fully saturated rings. The molecule has 0 bridgehead atoms. The third-order valence-electron chi connectivity index (χ3n) is 2.71. The average molecular weight is 262 g/mol. The van der Waals surface area contributed by atoms with Crippen molar-refractivity contribution in [3.63, 3.8) is 0 Å². The molecule has 2 aromatic carbocycles. The Kier molecular flexibility index (Phi) is 4.76. The third-order valence-corrected chi connectivity index (χ3v) is 2.96. The van der Waals surface area contributed by atoms with Gasteiger partial charge in [-0.15, -0.1) is 0 Å². The van der Waals surface area contributed by atoms with Gasteiger partial charge in [0.15, 0.2) is 0 Å². The summed E-state index contributed by atoms with van der Waals surface area (Å²) in [6, 6.07) is 17.5. The molecule has 0 amide bonds. The van der Waals surface area contributed by atoms with Gasteiger partial charge in [-0.2, -0.15) is 0 Å². The van der Waals surface area contributed by atoms with Gasteiger partial charge in [0, 0.05) is 5.02 Å². The third kappa shape index (κ3) is 3.84. The summed E-state index contributed by atoms with van der Waals surface area (Å²) in [7, 11) is 0. The van der Waals surface area contributed by atoms with Crippen LogP contribution in [-0.4, -0.2) is 6.61 Å². The Morgan fingerprint density at radius 2 is 1.67 bits per heavy atom. The molecular formula is C15H16ClNO. The zero-order valence-corrected chi connectivity index (χ0v) is 10.8. The van der Waals surface area contributed by atoms with Crippen molar-refractivity contribution >= 4 is 11.6 Å². The summed E-state index contributed by atoms with van der Waals surface area (Å²) in [6.45, 7) is 1.06. The largest absolute Gasteiger partial charge is 0.375 e. The lowest BCUT2D eigenvalue weighted by atomic mass is 10.1. The quantitative estimate of drug-likeness (QED) is 0.893. The molecule has 0 saturated heterocycles. The smallest absolute Gasteiger partial charge is 0.0717 e. The molecule has 0 saturated carbocycles. The maximum atomic E-state index is 6.04. The first-order chi connectivity index (χ1) is 8.75. The molecule has 0 aliphatic heterocycles. The Morgan fingerprint density at radius 3 is 2.33 bits per heavy atom. The molecule has 2 rings (SSSR count). The molecule has 2 N–H and O–H groups in total. The zero-order valence-electron chi connectivity index (χ0n) is 10.1. The van der Waals surface area contributed by atoms with Gasteiger partial charge in [0.2, 0.25) is 0 Å². The number of halogens is 1. The van der Waals surface area contributed by atoms with Gasteiger partial charge in [-0.3, -0.25) is 0 Å². The van der Waals surface area contributed by atoms with Crippen LogP contribution in [0.3, 0.4) is 0 Å². The Morgan fingerprint density at radius 1 is 1.00 bits per heavy atom. The van der Waals surface area contributed by atoms with E-state index in [0.717, 1.165) is 16.1 Å². The van der Waals surface area contributed by atoms with Crippen LogP contribution in [0.25, 0.3) is 0 Å². The molecule has 94 valence electrons. The zero-order chi connectivity index (χ0) is 12.8. The summed E-state index contributed by atoms with van der Waals surface area (Å²) in [5.41, 5.74) is 8.23. The van der Waals surface area contributed by atoms with Crippen molar-refractivity contribution in [3.05, 3.63) is 70.7 Å². The highest BCUT2D eigenvalue weighted by Crippen LogP contribution is 2.13. The normalized spacial score (nSPS) is 12.3. The van der Waals surface area contributed by atoms with Gasteiger partial charge in [-0.05, 0) is 23.3 Å².